The van der Waals surface area contributed by atoms with E-state index in [4.69, 9.17) is 9.05 Å². The molecule has 0 unspecified atom stereocenters. The van der Waals surface area contributed by atoms with Gasteiger partial charge in [-0.15, -0.1) is 0 Å². The van der Waals surface area contributed by atoms with Crippen LogP contribution in [0.15, 0.2) is 42.5 Å². The molecule has 0 N–H and O–H groups in total. The topological polar surface area (TPSA) is 110 Å². The van der Waals surface area contributed by atoms with Crippen molar-refractivity contribution < 1.29 is 32.8 Å². The molecule has 9 nitrogen and oxygen atoms in total. The molecule has 0 radical (unpaired) electrons. The SMILES string of the molecule is CCCCCCC(CCCCCC)N1C(=O)c2ccc3c4ccc5c6c(cc(P(=O)(OCC)OCC)c(c7ccc(c2c37)C1=O)c64)C(=O)N(C(CCCCCC)CCCCCC)C5=O. The lowest BCUT2D eigenvalue weighted by Gasteiger charge is -2.36. The monoisotopic (exact) mass is 890 g/mol. The minimum Gasteiger partial charge on any atom is -0.305 e. The molecule has 5 aromatic carbocycles. The van der Waals surface area contributed by atoms with Crippen molar-refractivity contribution in [3.63, 3.8) is 0 Å². The van der Waals surface area contributed by atoms with Gasteiger partial charge >= 0.3 is 7.60 Å². The Morgan fingerprint density at radius 2 is 0.781 bits per heavy atom. The number of imide groups is 2. The Kier molecular flexibility index (Phi) is 16.0. The summed E-state index contributed by atoms with van der Waals surface area (Å²) >= 11 is 0. The molecule has 2 aliphatic heterocycles. The number of hydrogen-bond donors (Lipinski definition) is 0. The van der Waals surface area contributed by atoms with E-state index in [1.54, 1.807) is 24.8 Å². The first-order valence-corrected chi connectivity index (χ1v) is 26.6. The number of hydrogen-bond acceptors (Lipinski definition) is 7. The zero-order chi connectivity index (χ0) is 45.5. The van der Waals surface area contributed by atoms with Crippen molar-refractivity contribution in [1.29, 1.82) is 0 Å². The van der Waals surface area contributed by atoms with Crippen LogP contribution in [0.1, 0.15) is 211 Å². The number of carbonyl (C=O) groups is 4. The van der Waals surface area contributed by atoms with Crippen LogP contribution in [0.5, 0.6) is 0 Å². The fourth-order valence-corrected chi connectivity index (χ4v) is 12.6. The van der Waals surface area contributed by atoms with Crippen molar-refractivity contribution in [2.75, 3.05) is 13.2 Å². The number of fused-ring (bicyclic) bond motifs is 2. The zero-order valence-electron chi connectivity index (χ0n) is 39.5. The molecule has 5 aromatic rings. The second-order valence-corrected chi connectivity index (χ2v) is 20.3. The molecule has 0 atom stereocenters. The van der Waals surface area contributed by atoms with Crippen LogP contribution in [0.25, 0.3) is 43.1 Å². The van der Waals surface area contributed by atoms with Gasteiger partial charge in [-0.25, -0.2) is 0 Å². The Morgan fingerprint density at radius 3 is 1.17 bits per heavy atom. The normalized spacial score (nSPS) is 14.4. The van der Waals surface area contributed by atoms with Crippen molar-refractivity contribution in [2.45, 2.75) is 182 Å². The van der Waals surface area contributed by atoms with Crippen LogP contribution in [-0.2, 0) is 13.6 Å². The first kappa shape index (κ1) is 47.8. The third-order valence-electron chi connectivity index (χ3n) is 14.0. The molecule has 0 aromatic heterocycles. The van der Waals surface area contributed by atoms with E-state index in [1.165, 1.54) is 4.90 Å². The Hall–Kier alpha value is -4.17. The fourth-order valence-electron chi connectivity index (χ4n) is 10.8. The number of amides is 4. The van der Waals surface area contributed by atoms with Gasteiger partial charge in [-0.1, -0.05) is 149 Å². The number of benzene rings is 5. The molecule has 0 saturated heterocycles. The quantitative estimate of drug-likeness (QED) is 0.0170. The van der Waals surface area contributed by atoms with Crippen LogP contribution in [0.4, 0.5) is 0 Å². The van der Waals surface area contributed by atoms with Gasteiger partial charge in [0, 0.05) is 50.5 Å². The van der Waals surface area contributed by atoms with E-state index < -0.39 is 7.60 Å². The van der Waals surface area contributed by atoms with Gasteiger partial charge in [-0.2, -0.15) is 0 Å². The van der Waals surface area contributed by atoms with Crippen LogP contribution in [0.2, 0.25) is 0 Å². The van der Waals surface area contributed by atoms with Crippen molar-refractivity contribution in [3.8, 4) is 0 Å². The van der Waals surface area contributed by atoms with Gasteiger partial charge in [-0.3, -0.25) is 33.5 Å². The predicted octanol–water partition coefficient (Wildman–Crippen LogP) is 14.4. The highest BCUT2D eigenvalue weighted by Gasteiger charge is 2.43. The summed E-state index contributed by atoms with van der Waals surface area (Å²) in [7, 11) is -4.10. The second kappa shape index (κ2) is 21.4. The summed E-state index contributed by atoms with van der Waals surface area (Å²) in [5.41, 5.74) is 1.70. The lowest BCUT2D eigenvalue weighted by molar-refractivity contribution is 0.0501. The zero-order valence-corrected chi connectivity index (χ0v) is 40.3. The van der Waals surface area contributed by atoms with Gasteiger partial charge in [-0.05, 0) is 90.7 Å². The van der Waals surface area contributed by atoms with Crippen molar-refractivity contribution in [3.05, 3.63) is 64.7 Å². The number of nitrogens with zero attached hydrogens (tertiary/aromatic N) is 2. The first-order chi connectivity index (χ1) is 31.1. The molecule has 4 amide bonds. The van der Waals surface area contributed by atoms with Gasteiger partial charge < -0.3 is 9.05 Å². The molecule has 7 rings (SSSR count). The van der Waals surface area contributed by atoms with E-state index in [1.807, 2.05) is 36.4 Å². The number of unbranched alkanes of at least 4 members (excludes halogenated alkanes) is 12. The molecular weight excluding hydrogens is 820 g/mol. The van der Waals surface area contributed by atoms with Crippen LogP contribution in [0, 0.1) is 0 Å². The van der Waals surface area contributed by atoms with Gasteiger partial charge in [0.2, 0.25) is 0 Å². The van der Waals surface area contributed by atoms with Crippen molar-refractivity contribution in [1.82, 2.24) is 9.80 Å². The molecular formula is C54H71N2O7P. The summed E-state index contributed by atoms with van der Waals surface area (Å²) in [4.78, 5) is 62.7. The average Bonchev–Trinajstić information content (AvgIpc) is 3.29. The lowest BCUT2D eigenvalue weighted by Crippen LogP contribution is -2.47. The third-order valence-corrected chi connectivity index (χ3v) is 16.1. The summed E-state index contributed by atoms with van der Waals surface area (Å²) < 4.78 is 27.5. The van der Waals surface area contributed by atoms with E-state index in [2.05, 4.69) is 27.7 Å². The van der Waals surface area contributed by atoms with E-state index in [0.717, 1.165) is 139 Å². The maximum atomic E-state index is 15.3. The van der Waals surface area contributed by atoms with E-state index in [-0.39, 0.29) is 54.2 Å². The van der Waals surface area contributed by atoms with Gasteiger partial charge in [0.25, 0.3) is 23.6 Å². The average molecular weight is 891 g/mol. The molecule has 0 fully saturated rings. The summed E-state index contributed by atoms with van der Waals surface area (Å²) in [5.74, 6) is -1.25. The maximum absolute atomic E-state index is 15.3. The molecule has 0 saturated carbocycles. The Labute approximate surface area is 380 Å². The smallest absolute Gasteiger partial charge is 0.305 e. The van der Waals surface area contributed by atoms with Crippen LogP contribution < -0.4 is 5.30 Å². The molecule has 2 heterocycles. The van der Waals surface area contributed by atoms with E-state index in [0.29, 0.717) is 54.6 Å². The first-order valence-electron chi connectivity index (χ1n) is 25.0. The minimum absolute atomic E-state index is 0.0963. The highest BCUT2D eigenvalue weighted by Crippen LogP contribution is 2.54. The summed E-state index contributed by atoms with van der Waals surface area (Å²) in [6.45, 7) is 12.5. The predicted molar refractivity (Wildman–Crippen MR) is 262 cm³/mol. The van der Waals surface area contributed by atoms with Gasteiger partial charge in [0.15, 0.2) is 0 Å². The van der Waals surface area contributed by atoms with Crippen LogP contribution >= 0.6 is 7.60 Å². The molecule has 0 spiro atoms. The Bertz CT molecular complexity index is 2490. The number of rotatable bonds is 27. The summed E-state index contributed by atoms with van der Waals surface area (Å²) in [5, 5.41) is 5.46. The highest BCUT2D eigenvalue weighted by molar-refractivity contribution is 7.62. The van der Waals surface area contributed by atoms with E-state index in [9.17, 15) is 14.4 Å². The van der Waals surface area contributed by atoms with Crippen molar-refractivity contribution >= 4 is 79.6 Å². The van der Waals surface area contributed by atoms with Gasteiger partial charge in [0.1, 0.15) is 0 Å². The third kappa shape index (κ3) is 8.90. The van der Waals surface area contributed by atoms with Crippen LogP contribution in [0.3, 0.4) is 0 Å². The summed E-state index contributed by atoms with van der Waals surface area (Å²) in [6.07, 6.45) is 19.8. The minimum atomic E-state index is -4.10. The van der Waals surface area contributed by atoms with Crippen molar-refractivity contribution in [2.24, 2.45) is 0 Å². The molecule has 0 aliphatic carbocycles. The molecule has 10 heteroatoms. The molecule has 344 valence electrons. The fraction of sp³-hybridized carbons (Fsp3) is 0.556. The maximum Gasteiger partial charge on any atom is 0.361 e. The molecule has 64 heavy (non-hydrogen) atoms. The number of carbonyl (C=O) groups excluding carboxylic acids is 4. The summed E-state index contributed by atoms with van der Waals surface area (Å²) in [6, 6.07) is 12.5. The Balaban J connectivity index is 1.44. The van der Waals surface area contributed by atoms with Crippen LogP contribution in [-0.4, -0.2) is 58.7 Å². The second-order valence-electron chi connectivity index (χ2n) is 18.3. The molecule has 0 bridgehead atoms. The van der Waals surface area contributed by atoms with E-state index >= 15 is 9.36 Å². The largest absolute Gasteiger partial charge is 0.361 e. The van der Waals surface area contributed by atoms with Gasteiger partial charge in [0.05, 0.1) is 18.5 Å². The Morgan fingerprint density at radius 1 is 0.422 bits per heavy atom. The molecule has 2 aliphatic rings. The standard InChI is InChI=1S/C54H71N2O7P/c1-7-13-17-21-25-36(26-22-18-14-8-2)55-51(57)41-32-29-38-39-30-33-43-48-44(54(60)56(53(43)59)37(27-23-19-15-9-3)28-24-20-16-10-4)35-45(64(61,62-11-5)63-12-6)49(50(39)48)40-31-34-42(52(55)58)47(41)46(38)40/h29-37H,7-28H2,1-6H3. The highest BCUT2D eigenvalue weighted by atomic mass is 31.2. The lowest BCUT2D eigenvalue weighted by atomic mass is 9.81.